The minimum Gasteiger partial charge on any atom is -0.352 e. The number of carbonyl (C=O) groups is 1. The third kappa shape index (κ3) is 3.73. The zero-order chi connectivity index (χ0) is 13.8. The van der Waals surface area contributed by atoms with Crippen molar-refractivity contribution in [2.45, 2.75) is 32.6 Å². The predicted molar refractivity (Wildman–Crippen MR) is 82.6 cm³/mol. The van der Waals surface area contributed by atoms with Crippen molar-refractivity contribution in [2.75, 3.05) is 6.54 Å². The number of nitrogens with one attached hydrogen (secondary N) is 1. The summed E-state index contributed by atoms with van der Waals surface area (Å²) in [6.45, 7) is 3.03. The molecular weight excluding hydrogens is 326 g/mol. The Kier molecular flexibility index (Phi) is 5.28. The molecule has 2 unspecified atom stereocenters. The SMILES string of the molecule is CC1CCCCC1CNC(=O)c1cccc(Br)c1Cl. The van der Waals surface area contributed by atoms with Crippen LogP contribution in [0.2, 0.25) is 5.02 Å². The molecule has 2 atom stereocenters. The van der Waals surface area contributed by atoms with Crippen LogP contribution in [0.5, 0.6) is 0 Å². The van der Waals surface area contributed by atoms with Crippen molar-refractivity contribution < 1.29 is 4.79 Å². The molecule has 1 amide bonds. The highest BCUT2D eigenvalue weighted by Crippen LogP contribution is 2.29. The van der Waals surface area contributed by atoms with E-state index in [0.717, 1.165) is 11.0 Å². The van der Waals surface area contributed by atoms with Gasteiger partial charge in [0.1, 0.15) is 0 Å². The lowest BCUT2D eigenvalue weighted by atomic mass is 9.80. The van der Waals surface area contributed by atoms with Crippen molar-refractivity contribution in [3.05, 3.63) is 33.3 Å². The Hall–Kier alpha value is -0.540. The standard InChI is InChI=1S/C15H19BrClNO/c1-10-5-2-3-6-11(10)9-18-15(19)12-7-4-8-13(16)14(12)17/h4,7-8,10-11H,2-3,5-6,9H2,1H3,(H,18,19). The van der Waals surface area contributed by atoms with Crippen molar-refractivity contribution in [1.29, 1.82) is 0 Å². The van der Waals surface area contributed by atoms with Gasteiger partial charge in [-0.1, -0.05) is 43.9 Å². The summed E-state index contributed by atoms with van der Waals surface area (Å²) in [6.07, 6.45) is 5.09. The first-order valence-electron chi connectivity index (χ1n) is 6.82. The predicted octanol–water partition coefficient (Wildman–Crippen LogP) is 4.66. The first-order valence-corrected chi connectivity index (χ1v) is 7.99. The second-order valence-electron chi connectivity index (χ2n) is 5.33. The maximum absolute atomic E-state index is 12.2. The molecule has 1 aromatic rings. The molecule has 1 aromatic carbocycles. The minimum atomic E-state index is -0.0796. The molecule has 1 N–H and O–H groups in total. The number of halogens is 2. The lowest BCUT2D eigenvalue weighted by Crippen LogP contribution is -2.33. The van der Waals surface area contributed by atoms with Crippen LogP contribution in [0.25, 0.3) is 0 Å². The molecular formula is C15H19BrClNO. The quantitative estimate of drug-likeness (QED) is 0.849. The Bertz CT molecular complexity index is 463. The van der Waals surface area contributed by atoms with Crippen molar-refractivity contribution in [3.63, 3.8) is 0 Å². The summed E-state index contributed by atoms with van der Waals surface area (Å²) in [5.41, 5.74) is 0.541. The van der Waals surface area contributed by atoms with E-state index < -0.39 is 0 Å². The first kappa shape index (κ1) is 14.9. The van der Waals surface area contributed by atoms with Gasteiger partial charge in [0, 0.05) is 11.0 Å². The molecule has 2 nitrogen and oxygen atoms in total. The smallest absolute Gasteiger partial charge is 0.252 e. The number of amides is 1. The van der Waals surface area contributed by atoms with Gasteiger partial charge >= 0.3 is 0 Å². The summed E-state index contributed by atoms with van der Waals surface area (Å²) < 4.78 is 0.757. The van der Waals surface area contributed by atoms with Crippen LogP contribution in [-0.2, 0) is 0 Å². The molecule has 4 heteroatoms. The van der Waals surface area contributed by atoms with Crippen LogP contribution in [0.15, 0.2) is 22.7 Å². The Balaban J connectivity index is 1.95. The van der Waals surface area contributed by atoms with Gasteiger partial charge < -0.3 is 5.32 Å². The van der Waals surface area contributed by atoms with Crippen LogP contribution < -0.4 is 5.32 Å². The van der Waals surface area contributed by atoms with E-state index in [0.29, 0.717) is 22.4 Å². The molecule has 0 radical (unpaired) electrons. The lowest BCUT2D eigenvalue weighted by Gasteiger charge is -2.28. The van der Waals surface area contributed by atoms with Crippen molar-refractivity contribution in [3.8, 4) is 0 Å². The number of carbonyl (C=O) groups excluding carboxylic acids is 1. The van der Waals surface area contributed by atoms with E-state index in [2.05, 4.69) is 28.2 Å². The second-order valence-corrected chi connectivity index (χ2v) is 6.57. The van der Waals surface area contributed by atoms with Gasteiger partial charge in [0.05, 0.1) is 10.6 Å². The average molecular weight is 345 g/mol. The number of rotatable bonds is 3. The van der Waals surface area contributed by atoms with Crippen LogP contribution in [-0.4, -0.2) is 12.5 Å². The molecule has 1 fully saturated rings. The normalized spacial score (nSPS) is 23.1. The molecule has 0 saturated heterocycles. The third-order valence-electron chi connectivity index (χ3n) is 4.01. The highest BCUT2D eigenvalue weighted by Gasteiger charge is 2.22. The van der Waals surface area contributed by atoms with E-state index >= 15 is 0 Å². The zero-order valence-electron chi connectivity index (χ0n) is 11.1. The number of benzene rings is 1. The van der Waals surface area contributed by atoms with Gasteiger partial charge in [0.25, 0.3) is 5.91 Å². The molecule has 19 heavy (non-hydrogen) atoms. The van der Waals surface area contributed by atoms with Gasteiger partial charge in [-0.15, -0.1) is 0 Å². The zero-order valence-corrected chi connectivity index (χ0v) is 13.4. The summed E-state index contributed by atoms with van der Waals surface area (Å²) in [5.74, 6) is 1.22. The van der Waals surface area contributed by atoms with Gasteiger partial charge in [-0.25, -0.2) is 0 Å². The fraction of sp³-hybridized carbons (Fsp3) is 0.533. The van der Waals surface area contributed by atoms with E-state index in [1.807, 2.05) is 12.1 Å². The summed E-state index contributed by atoms with van der Waals surface area (Å²) in [4.78, 5) is 12.2. The molecule has 1 saturated carbocycles. The fourth-order valence-corrected chi connectivity index (χ4v) is 3.27. The van der Waals surface area contributed by atoms with Gasteiger partial charge in [0.2, 0.25) is 0 Å². The maximum Gasteiger partial charge on any atom is 0.252 e. The summed E-state index contributed by atoms with van der Waals surface area (Å²) >= 11 is 9.47. The van der Waals surface area contributed by atoms with Crippen molar-refractivity contribution in [2.24, 2.45) is 11.8 Å². The second kappa shape index (κ2) is 6.76. The molecule has 0 aliphatic heterocycles. The van der Waals surface area contributed by atoms with Gasteiger partial charge in [-0.2, -0.15) is 0 Å². The third-order valence-corrected chi connectivity index (χ3v) is 5.31. The van der Waals surface area contributed by atoms with Crippen LogP contribution in [0.3, 0.4) is 0 Å². The van der Waals surface area contributed by atoms with E-state index in [9.17, 15) is 4.79 Å². The highest BCUT2D eigenvalue weighted by molar-refractivity contribution is 9.10. The van der Waals surface area contributed by atoms with E-state index in [-0.39, 0.29) is 5.91 Å². The van der Waals surface area contributed by atoms with E-state index in [1.54, 1.807) is 6.07 Å². The molecule has 1 aliphatic carbocycles. The molecule has 0 heterocycles. The highest BCUT2D eigenvalue weighted by atomic mass is 79.9. The summed E-state index contributed by atoms with van der Waals surface area (Å²) in [5, 5.41) is 3.51. The van der Waals surface area contributed by atoms with Gasteiger partial charge in [0.15, 0.2) is 0 Å². The molecule has 1 aliphatic rings. The summed E-state index contributed by atoms with van der Waals surface area (Å²) in [6, 6.07) is 5.42. The molecule has 104 valence electrons. The lowest BCUT2D eigenvalue weighted by molar-refractivity contribution is 0.0936. The van der Waals surface area contributed by atoms with E-state index in [1.165, 1.54) is 25.7 Å². The number of hydrogen-bond donors (Lipinski definition) is 1. The Labute approximate surface area is 128 Å². The molecule has 0 spiro atoms. The maximum atomic E-state index is 12.2. The van der Waals surface area contributed by atoms with Gasteiger partial charge in [-0.05, 0) is 46.3 Å². The van der Waals surface area contributed by atoms with E-state index in [4.69, 9.17) is 11.6 Å². The molecule has 2 rings (SSSR count). The van der Waals surface area contributed by atoms with Crippen LogP contribution in [0, 0.1) is 11.8 Å². The summed E-state index contributed by atoms with van der Waals surface area (Å²) in [7, 11) is 0. The Morgan fingerprint density at radius 3 is 2.89 bits per heavy atom. The first-order chi connectivity index (χ1) is 9.09. The van der Waals surface area contributed by atoms with Crippen molar-refractivity contribution >= 4 is 33.4 Å². The average Bonchev–Trinajstić information content (AvgIpc) is 2.40. The largest absolute Gasteiger partial charge is 0.352 e. The van der Waals surface area contributed by atoms with Gasteiger partial charge in [-0.3, -0.25) is 4.79 Å². The van der Waals surface area contributed by atoms with Crippen LogP contribution in [0.4, 0.5) is 0 Å². The molecule has 0 aromatic heterocycles. The Morgan fingerprint density at radius 1 is 1.42 bits per heavy atom. The molecule has 0 bridgehead atoms. The number of hydrogen-bond acceptors (Lipinski definition) is 1. The van der Waals surface area contributed by atoms with Crippen LogP contribution in [0.1, 0.15) is 43.0 Å². The monoisotopic (exact) mass is 343 g/mol. The Morgan fingerprint density at radius 2 is 2.16 bits per heavy atom. The van der Waals surface area contributed by atoms with Crippen LogP contribution >= 0.6 is 27.5 Å². The van der Waals surface area contributed by atoms with Crippen molar-refractivity contribution in [1.82, 2.24) is 5.32 Å². The topological polar surface area (TPSA) is 29.1 Å². The fourth-order valence-electron chi connectivity index (χ4n) is 2.69. The minimum absolute atomic E-state index is 0.0796.